The number of amides is 2. The number of para-hydroxylation sites is 1. The fraction of sp³-hybridized carbons (Fsp3) is 0.290. The van der Waals surface area contributed by atoms with E-state index in [4.69, 9.17) is 11.6 Å². The Hall–Kier alpha value is -4.28. The molecule has 0 radical (unpaired) electrons. The number of rotatable bonds is 9. The van der Waals surface area contributed by atoms with Crippen molar-refractivity contribution in [3.8, 4) is 11.3 Å². The van der Waals surface area contributed by atoms with Gasteiger partial charge in [0.15, 0.2) is 0 Å². The van der Waals surface area contributed by atoms with Crippen molar-refractivity contribution in [2.24, 2.45) is 0 Å². The lowest BCUT2D eigenvalue weighted by atomic mass is 9.89. The van der Waals surface area contributed by atoms with Gasteiger partial charge >= 0.3 is 0 Å². The molecule has 0 saturated heterocycles. The van der Waals surface area contributed by atoms with Gasteiger partial charge in [0, 0.05) is 58.6 Å². The monoisotopic (exact) mass is 589 g/mol. The number of carbonyl (C=O) groups excluding carboxylic acids is 2. The number of H-pyrrole nitrogens is 1. The molecule has 1 aliphatic carbocycles. The third-order valence-electron chi connectivity index (χ3n) is 7.06. The number of hydrogen-bond acceptors (Lipinski definition) is 6. The number of carbonyl (C=O) groups is 2. The Kier molecular flexibility index (Phi) is 9.14. The van der Waals surface area contributed by atoms with Gasteiger partial charge in [-0.2, -0.15) is 0 Å². The second kappa shape index (κ2) is 13.1. The van der Waals surface area contributed by atoms with Crippen molar-refractivity contribution in [1.82, 2.24) is 25.2 Å². The van der Waals surface area contributed by atoms with Crippen LogP contribution >= 0.6 is 11.6 Å². The Morgan fingerprint density at radius 3 is 2.64 bits per heavy atom. The van der Waals surface area contributed by atoms with Crippen LogP contribution in [0.15, 0.2) is 73.1 Å². The SMILES string of the molecule is CN(C)C/C=C/C(=O)Nc1ccc(C(=O)N[C@H]2C[C@@H](F)C[C@@H](Nc3ncc(Cl)c(-c4c[nH]c5ccccc45)n3)C2)cc1. The van der Waals surface area contributed by atoms with E-state index in [-0.39, 0.29) is 36.7 Å². The summed E-state index contributed by atoms with van der Waals surface area (Å²) in [5, 5.41) is 10.4. The van der Waals surface area contributed by atoms with E-state index in [1.165, 1.54) is 12.3 Å². The molecule has 2 aromatic heterocycles. The molecule has 11 heteroatoms. The Morgan fingerprint density at radius 1 is 1.10 bits per heavy atom. The van der Waals surface area contributed by atoms with Crippen molar-refractivity contribution < 1.29 is 14.0 Å². The van der Waals surface area contributed by atoms with Crippen LogP contribution in [0.25, 0.3) is 22.2 Å². The molecule has 0 unspecified atom stereocenters. The summed E-state index contributed by atoms with van der Waals surface area (Å²) in [5.74, 6) is -0.207. The molecule has 0 bridgehead atoms. The number of nitrogens with zero attached hydrogens (tertiary/aromatic N) is 3. The van der Waals surface area contributed by atoms with E-state index in [9.17, 15) is 14.0 Å². The molecule has 0 spiro atoms. The third-order valence-corrected chi connectivity index (χ3v) is 7.34. The van der Waals surface area contributed by atoms with Crippen molar-refractivity contribution >= 4 is 46.0 Å². The van der Waals surface area contributed by atoms with Crippen LogP contribution < -0.4 is 16.0 Å². The minimum absolute atomic E-state index is 0.222. The van der Waals surface area contributed by atoms with Crippen molar-refractivity contribution in [2.45, 2.75) is 37.5 Å². The first-order valence-electron chi connectivity index (χ1n) is 13.8. The molecular formula is C31H33ClFN7O2. The molecule has 2 aromatic carbocycles. The molecule has 3 atom stereocenters. The summed E-state index contributed by atoms with van der Waals surface area (Å²) in [6, 6.07) is 13.8. The van der Waals surface area contributed by atoms with Crippen LogP contribution in [0.1, 0.15) is 29.6 Å². The van der Waals surface area contributed by atoms with E-state index in [0.717, 1.165) is 16.5 Å². The average molecular weight is 590 g/mol. The molecule has 5 rings (SSSR count). The van der Waals surface area contributed by atoms with Gasteiger partial charge in [0.1, 0.15) is 6.17 Å². The number of halogens is 2. The lowest BCUT2D eigenvalue weighted by Crippen LogP contribution is -2.45. The summed E-state index contributed by atoms with van der Waals surface area (Å²) in [5.41, 5.74) is 3.39. The largest absolute Gasteiger partial charge is 0.360 e. The Labute approximate surface area is 248 Å². The first-order chi connectivity index (χ1) is 20.2. The number of anilines is 2. The summed E-state index contributed by atoms with van der Waals surface area (Å²) in [6.07, 6.45) is 6.54. The zero-order valence-electron chi connectivity index (χ0n) is 23.4. The number of nitrogens with one attached hydrogen (secondary N) is 4. The number of hydrogen-bond donors (Lipinski definition) is 4. The second-order valence-corrected chi connectivity index (χ2v) is 11.1. The van der Waals surface area contributed by atoms with Gasteiger partial charge in [-0.3, -0.25) is 9.59 Å². The Balaban J connectivity index is 1.20. The summed E-state index contributed by atoms with van der Waals surface area (Å²) in [6.45, 7) is 0.655. The standard InChI is InChI=1S/C31H33ClFN7O2/c1-40(2)13-5-8-28(41)36-21-11-9-19(10-12-21)30(42)37-22-14-20(33)15-23(16-22)38-31-35-18-26(32)29(39-31)25-17-34-27-7-4-3-6-24(25)27/h3-12,17-18,20,22-23,34H,13-16H2,1-2H3,(H,36,41)(H,37,42)(H,35,38,39)/b8-5+/t20-,22+,23-/m1/s1. The molecule has 4 aromatic rings. The molecule has 218 valence electrons. The number of likely N-dealkylation sites (N-methyl/N-ethyl adjacent to an activating group) is 1. The smallest absolute Gasteiger partial charge is 0.251 e. The van der Waals surface area contributed by atoms with E-state index >= 15 is 0 Å². The summed E-state index contributed by atoms with van der Waals surface area (Å²) in [7, 11) is 3.83. The lowest BCUT2D eigenvalue weighted by molar-refractivity contribution is -0.111. The number of fused-ring (bicyclic) bond motifs is 1. The van der Waals surface area contributed by atoms with Crippen LogP contribution in [0, 0.1) is 0 Å². The van der Waals surface area contributed by atoms with Gasteiger partial charge in [-0.1, -0.05) is 35.9 Å². The normalized spacial score (nSPS) is 18.8. The number of alkyl halides is 1. The number of aromatic nitrogens is 3. The maximum absolute atomic E-state index is 14.8. The molecule has 42 heavy (non-hydrogen) atoms. The van der Waals surface area contributed by atoms with Crippen LogP contribution in [-0.2, 0) is 4.79 Å². The van der Waals surface area contributed by atoms with E-state index in [2.05, 4.69) is 30.9 Å². The molecule has 1 fully saturated rings. The fourth-order valence-corrected chi connectivity index (χ4v) is 5.28. The molecule has 4 N–H and O–H groups in total. The Bertz CT molecular complexity index is 1590. The van der Waals surface area contributed by atoms with Crippen LogP contribution in [0.3, 0.4) is 0 Å². The Morgan fingerprint density at radius 2 is 1.86 bits per heavy atom. The minimum Gasteiger partial charge on any atom is -0.360 e. The molecule has 0 aliphatic heterocycles. The summed E-state index contributed by atoms with van der Waals surface area (Å²) < 4.78 is 14.8. The van der Waals surface area contributed by atoms with Crippen LogP contribution in [0.2, 0.25) is 5.02 Å². The molecule has 9 nitrogen and oxygen atoms in total. The number of aromatic amines is 1. The van der Waals surface area contributed by atoms with Crippen molar-refractivity contribution in [1.29, 1.82) is 0 Å². The zero-order chi connectivity index (χ0) is 29.6. The predicted octanol–water partition coefficient (Wildman–Crippen LogP) is 5.44. The van der Waals surface area contributed by atoms with Gasteiger partial charge in [0.25, 0.3) is 5.91 Å². The maximum atomic E-state index is 14.8. The van der Waals surface area contributed by atoms with E-state index < -0.39 is 6.17 Å². The van der Waals surface area contributed by atoms with Crippen molar-refractivity contribution in [3.63, 3.8) is 0 Å². The van der Waals surface area contributed by atoms with Crippen LogP contribution in [0.5, 0.6) is 0 Å². The van der Waals surface area contributed by atoms with Gasteiger partial charge in [-0.05, 0) is 63.7 Å². The summed E-state index contributed by atoms with van der Waals surface area (Å²) >= 11 is 6.46. The maximum Gasteiger partial charge on any atom is 0.251 e. The van der Waals surface area contributed by atoms with Crippen LogP contribution in [-0.4, -0.2) is 70.6 Å². The van der Waals surface area contributed by atoms with Gasteiger partial charge in [0.2, 0.25) is 11.9 Å². The zero-order valence-corrected chi connectivity index (χ0v) is 24.2. The van der Waals surface area contributed by atoms with E-state index in [1.54, 1.807) is 30.3 Å². The minimum atomic E-state index is -1.10. The van der Waals surface area contributed by atoms with Crippen molar-refractivity contribution in [2.75, 3.05) is 31.3 Å². The van der Waals surface area contributed by atoms with Gasteiger partial charge in [-0.25, -0.2) is 14.4 Å². The van der Waals surface area contributed by atoms with E-state index in [1.807, 2.05) is 49.5 Å². The predicted molar refractivity (Wildman–Crippen MR) is 165 cm³/mol. The van der Waals surface area contributed by atoms with Crippen LogP contribution in [0.4, 0.5) is 16.0 Å². The third kappa shape index (κ3) is 7.32. The quantitative estimate of drug-likeness (QED) is 0.193. The highest BCUT2D eigenvalue weighted by Gasteiger charge is 2.30. The van der Waals surface area contributed by atoms with E-state index in [0.29, 0.717) is 40.9 Å². The van der Waals surface area contributed by atoms with Gasteiger partial charge in [-0.15, -0.1) is 0 Å². The molecule has 2 heterocycles. The first-order valence-corrected chi connectivity index (χ1v) is 14.2. The molecule has 1 aliphatic rings. The highest BCUT2D eigenvalue weighted by atomic mass is 35.5. The first kappa shape index (κ1) is 29.2. The molecular weight excluding hydrogens is 557 g/mol. The summed E-state index contributed by atoms with van der Waals surface area (Å²) in [4.78, 5) is 39.2. The average Bonchev–Trinajstić information content (AvgIpc) is 3.38. The van der Waals surface area contributed by atoms with Gasteiger partial charge in [0.05, 0.1) is 16.9 Å². The lowest BCUT2D eigenvalue weighted by Gasteiger charge is -2.32. The second-order valence-electron chi connectivity index (χ2n) is 10.7. The highest BCUT2D eigenvalue weighted by molar-refractivity contribution is 6.33. The molecule has 1 saturated carbocycles. The van der Waals surface area contributed by atoms with Gasteiger partial charge < -0.3 is 25.8 Å². The van der Waals surface area contributed by atoms with Crippen molar-refractivity contribution in [3.05, 3.63) is 83.7 Å². The topological polar surface area (TPSA) is 115 Å². The molecule has 2 amide bonds. The fourth-order valence-electron chi connectivity index (χ4n) is 5.09. The highest BCUT2D eigenvalue weighted by Crippen LogP contribution is 2.33. The number of benzene rings is 2.